The van der Waals surface area contributed by atoms with E-state index in [0.29, 0.717) is 12.8 Å². The van der Waals surface area contributed by atoms with Crippen LogP contribution < -0.4 is 0 Å². The number of rotatable bonds is 3. The Morgan fingerprint density at radius 3 is 1.80 bits per heavy atom. The molecule has 2 aliphatic rings. The van der Waals surface area contributed by atoms with Crippen molar-refractivity contribution in [1.29, 1.82) is 0 Å². The van der Waals surface area contributed by atoms with E-state index in [1.807, 2.05) is 0 Å². The molecule has 0 bridgehead atoms. The molecule has 2 fully saturated rings. The number of ether oxygens (including phenoxy) is 1. The second kappa shape index (κ2) is 5.51. The number of hydrogen-bond donors (Lipinski definition) is 0. The fourth-order valence-electron chi connectivity index (χ4n) is 2.78. The van der Waals surface area contributed by atoms with Crippen LogP contribution in [0.1, 0.15) is 19.8 Å². The molecule has 0 saturated carbocycles. The fourth-order valence-corrected chi connectivity index (χ4v) is 6.21. The molecule has 0 spiro atoms. The zero-order valence-corrected chi connectivity index (χ0v) is 13.0. The zero-order chi connectivity index (χ0) is 15.0. The van der Waals surface area contributed by atoms with Crippen molar-refractivity contribution in [2.75, 3.05) is 29.6 Å². The quantitative estimate of drug-likeness (QED) is 0.714. The third-order valence-electron chi connectivity index (χ3n) is 3.68. The van der Waals surface area contributed by atoms with Crippen molar-refractivity contribution in [3.63, 3.8) is 0 Å². The summed E-state index contributed by atoms with van der Waals surface area (Å²) in [5.74, 6) is -0.148. The van der Waals surface area contributed by atoms with E-state index in [4.69, 9.17) is 4.74 Å². The van der Waals surface area contributed by atoms with Gasteiger partial charge in [-0.05, 0) is 19.8 Å². The lowest BCUT2D eigenvalue weighted by atomic mass is 10.1. The van der Waals surface area contributed by atoms with Crippen LogP contribution in [0.5, 0.6) is 0 Å². The molecule has 116 valence electrons. The van der Waals surface area contributed by atoms with E-state index in [1.54, 1.807) is 6.92 Å². The van der Waals surface area contributed by atoms with E-state index in [-0.39, 0.29) is 29.6 Å². The largest absolute Gasteiger partial charge is 0.450 e. The highest BCUT2D eigenvalue weighted by Gasteiger charge is 2.42. The summed E-state index contributed by atoms with van der Waals surface area (Å²) in [6.07, 6.45) is 0.0757. The molecule has 2 rings (SSSR count). The van der Waals surface area contributed by atoms with Gasteiger partial charge >= 0.3 is 6.09 Å². The molecule has 0 aliphatic carbocycles. The van der Waals surface area contributed by atoms with Gasteiger partial charge < -0.3 is 9.64 Å². The summed E-state index contributed by atoms with van der Waals surface area (Å²) >= 11 is 0. The first-order valence-corrected chi connectivity index (χ1v) is 10.2. The van der Waals surface area contributed by atoms with Gasteiger partial charge in [-0.2, -0.15) is 0 Å². The van der Waals surface area contributed by atoms with Crippen LogP contribution in [0, 0.1) is 0 Å². The van der Waals surface area contributed by atoms with E-state index < -0.39 is 37.9 Å². The van der Waals surface area contributed by atoms with Gasteiger partial charge in [-0.25, -0.2) is 21.6 Å². The first kappa shape index (κ1) is 15.6. The summed E-state index contributed by atoms with van der Waals surface area (Å²) in [5, 5.41) is 0. The van der Waals surface area contributed by atoms with Crippen molar-refractivity contribution in [3.05, 3.63) is 0 Å². The molecule has 2 unspecified atom stereocenters. The fraction of sp³-hybridized carbons (Fsp3) is 0.909. The molecular weight excluding hydrogens is 306 g/mol. The molecular formula is C11H19NO6S2. The van der Waals surface area contributed by atoms with Crippen LogP contribution in [0.4, 0.5) is 4.79 Å². The average molecular weight is 325 g/mol. The molecule has 7 nitrogen and oxygen atoms in total. The van der Waals surface area contributed by atoms with Crippen LogP contribution in [0.3, 0.4) is 0 Å². The van der Waals surface area contributed by atoms with Gasteiger partial charge in [-0.3, -0.25) is 0 Å². The van der Waals surface area contributed by atoms with Gasteiger partial charge in [0.15, 0.2) is 19.7 Å². The number of sulfone groups is 2. The van der Waals surface area contributed by atoms with Gasteiger partial charge in [0, 0.05) is 0 Å². The van der Waals surface area contributed by atoms with Gasteiger partial charge in [0.05, 0.1) is 41.7 Å². The summed E-state index contributed by atoms with van der Waals surface area (Å²) in [6.45, 7) is 1.83. The Bertz CT molecular complexity index is 538. The number of nitrogens with zero attached hydrogens (tertiary/aromatic N) is 1. The van der Waals surface area contributed by atoms with Crippen LogP contribution in [0.25, 0.3) is 0 Å². The van der Waals surface area contributed by atoms with Crippen LogP contribution in [-0.4, -0.2) is 69.5 Å². The summed E-state index contributed by atoms with van der Waals surface area (Å²) in [4.78, 5) is 13.4. The highest BCUT2D eigenvalue weighted by atomic mass is 32.2. The number of hydrogen-bond acceptors (Lipinski definition) is 6. The van der Waals surface area contributed by atoms with E-state index in [1.165, 1.54) is 4.90 Å². The Hall–Kier alpha value is -0.830. The molecule has 0 aromatic heterocycles. The normalized spacial score (nSPS) is 31.1. The number of carbonyl (C=O) groups excluding carboxylic acids is 1. The minimum Gasteiger partial charge on any atom is -0.450 e. The topological polar surface area (TPSA) is 97.8 Å². The monoisotopic (exact) mass is 325 g/mol. The third kappa shape index (κ3) is 3.43. The molecule has 2 saturated heterocycles. The molecule has 9 heteroatoms. The van der Waals surface area contributed by atoms with E-state index in [0.717, 1.165) is 0 Å². The van der Waals surface area contributed by atoms with Gasteiger partial charge in [-0.1, -0.05) is 0 Å². The molecule has 0 aromatic rings. The summed E-state index contributed by atoms with van der Waals surface area (Å²) < 4.78 is 51.2. The Labute approximate surface area is 119 Å². The molecule has 20 heavy (non-hydrogen) atoms. The first-order valence-electron chi connectivity index (χ1n) is 6.60. The van der Waals surface area contributed by atoms with Crippen molar-refractivity contribution < 1.29 is 26.4 Å². The van der Waals surface area contributed by atoms with Crippen molar-refractivity contribution in [3.8, 4) is 0 Å². The maximum Gasteiger partial charge on any atom is 0.410 e. The van der Waals surface area contributed by atoms with E-state index in [9.17, 15) is 21.6 Å². The lowest BCUT2D eigenvalue weighted by molar-refractivity contribution is 0.0788. The molecule has 2 aliphatic heterocycles. The smallest absolute Gasteiger partial charge is 0.410 e. The molecule has 2 atom stereocenters. The summed E-state index contributed by atoms with van der Waals surface area (Å²) in [7, 11) is -6.29. The molecule has 2 heterocycles. The van der Waals surface area contributed by atoms with Crippen molar-refractivity contribution in [2.45, 2.75) is 31.8 Å². The lowest BCUT2D eigenvalue weighted by Gasteiger charge is -2.32. The van der Waals surface area contributed by atoms with Crippen LogP contribution in [0.15, 0.2) is 0 Å². The lowest BCUT2D eigenvalue weighted by Crippen LogP contribution is -2.48. The van der Waals surface area contributed by atoms with Crippen LogP contribution >= 0.6 is 0 Å². The summed E-state index contributed by atoms with van der Waals surface area (Å²) in [5.41, 5.74) is 0. The first-order chi connectivity index (χ1) is 9.24. The standard InChI is InChI=1S/C11H19NO6S2/c1-2-18-11(13)12(9-3-5-19(14,15)7-9)10-4-6-20(16,17)8-10/h9-10H,2-8H2,1H3. The zero-order valence-electron chi connectivity index (χ0n) is 11.3. The Kier molecular flexibility index (Phi) is 4.29. The average Bonchev–Trinajstić information content (AvgIpc) is 2.83. The molecule has 0 N–H and O–H groups in total. The minimum atomic E-state index is -3.15. The van der Waals surface area contributed by atoms with Gasteiger partial charge in [0.25, 0.3) is 0 Å². The maximum absolute atomic E-state index is 12.1. The van der Waals surface area contributed by atoms with Crippen molar-refractivity contribution in [1.82, 2.24) is 4.90 Å². The molecule has 1 amide bonds. The SMILES string of the molecule is CCOC(=O)N(C1CCS(=O)(=O)C1)C1CCS(=O)(=O)C1. The highest BCUT2D eigenvalue weighted by molar-refractivity contribution is 7.92. The Balaban J connectivity index is 2.20. The van der Waals surface area contributed by atoms with Crippen LogP contribution in [-0.2, 0) is 24.4 Å². The predicted octanol–water partition coefficient (Wildman–Crippen LogP) is -0.181. The second-order valence-electron chi connectivity index (χ2n) is 5.22. The van der Waals surface area contributed by atoms with Gasteiger partial charge in [0.2, 0.25) is 0 Å². The summed E-state index contributed by atoms with van der Waals surface area (Å²) in [6, 6.07) is -0.949. The van der Waals surface area contributed by atoms with E-state index >= 15 is 0 Å². The van der Waals surface area contributed by atoms with Crippen LogP contribution in [0.2, 0.25) is 0 Å². The number of carbonyl (C=O) groups is 1. The third-order valence-corrected chi connectivity index (χ3v) is 7.18. The predicted molar refractivity (Wildman–Crippen MR) is 73.0 cm³/mol. The maximum atomic E-state index is 12.1. The van der Waals surface area contributed by atoms with Crippen molar-refractivity contribution in [2.24, 2.45) is 0 Å². The van der Waals surface area contributed by atoms with Crippen molar-refractivity contribution >= 4 is 25.8 Å². The van der Waals surface area contributed by atoms with Gasteiger partial charge in [0.1, 0.15) is 0 Å². The number of amides is 1. The Morgan fingerprint density at radius 2 is 1.50 bits per heavy atom. The second-order valence-corrected chi connectivity index (χ2v) is 9.68. The minimum absolute atomic E-state index is 0.0348. The van der Waals surface area contributed by atoms with E-state index in [2.05, 4.69) is 0 Å². The molecule has 0 aromatic carbocycles. The highest BCUT2D eigenvalue weighted by Crippen LogP contribution is 2.26. The van der Waals surface area contributed by atoms with Gasteiger partial charge in [-0.15, -0.1) is 0 Å². The molecule has 0 radical (unpaired) electrons. The Morgan fingerprint density at radius 1 is 1.05 bits per heavy atom.